The van der Waals surface area contributed by atoms with Gasteiger partial charge in [-0.15, -0.1) is 0 Å². The number of hydrogen-bond acceptors (Lipinski definition) is 3. The predicted molar refractivity (Wildman–Crippen MR) is 125 cm³/mol. The van der Waals surface area contributed by atoms with E-state index in [4.69, 9.17) is 13.9 Å². The molecule has 158 valence electrons. The molecule has 4 heteroatoms. The van der Waals surface area contributed by atoms with Gasteiger partial charge in [-0.25, -0.2) is 0 Å². The molecule has 0 N–H and O–H groups in total. The van der Waals surface area contributed by atoms with Crippen LogP contribution in [0.25, 0.3) is 0 Å². The molecule has 0 aromatic heterocycles. The fraction of sp³-hybridized carbons (Fsp3) is 0.385. The van der Waals surface area contributed by atoms with Crippen LogP contribution in [0, 0.1) is 0 Å². The van der Waals surface area contributed by atoms with Crippen molar-refractivity contribution in [1.29, 1.82) is 0 Å². The average Bonchev–Trinajstić information content (AvgIpc) is 2.75. The summed E-state index contributed by atoms with van der Waals surface area (Å²) in [6, 6.07) is 21.5. The van der Waals surface area contributed by atoms with E-state index in [0.29, 0.717) is 13.2 Å². The van der Waals surface area contributed by atoms with Gasteiger partial charge in [0, 0.05) is 0 Å². The van der Waals surface area contributed by atoms with E-state index < -0.39 is 14.1 Å². The van der Waals surface area contributed by atoms with Gasteiger partial charge in [-0.1, -0.05) is 93.6 Å². The molecule has 0 fully saturated rings. The maximum atomic E-state index is 7.04. The van der Waals surface area contributed by atoms with Gasteiger partial charge < -0.3 is 13.9 Å². The van der Waals surface area contributed by atoms with Gasteiger partial charge in [0.2, 0.25) is 5.79 Å². The SMILES string of the molecule is CC(C)(C)[Si](OC[C@H]1CC=C[C@@]2(C=CCCO2)O1)(c1ccccc1)c1ccccc1. The van der Waals surface area contributed by atoms with Crippen LogP contribution in [0.5, 0.6) is 0 Å². The van der Waals surface area contributed by atoms with Crippen molar-refractivity contribution in [3.05, 3.63) is 85.0 Å². The minimum Gasteiger partial charge on any atom is -0.405 e. The van der Waals surface area contributed by atoms with Crippen molar-refractivity contribution in [2.24, 2.45) is 0 Å². The first-order chi connectivity index (χ1) is 14.5. The molecule has 0 aliphatic carbocycles. The number of ether oxygens (including phenoxy) is 2. The second kappa shape index (κ2) is 8.64. The fourth-order valence-corrected chi connectivity index (χ4v) is 9.16. The molecular formula is C26H32O3Si. The van der Waals surface area contributed by atoms with E-state index in [1.807, 2.05) is 12.2 Å². The van der Waals surface area contributed by atoms with Crippen LogP contribution in [-0.2, 0) is 13.9 Å². The Hall–Kier alpha value is -1.98. The highest BCUT2D eigenvalue weighted by Gasteiger charge is 2.50. The standard InChI is InChI=1S/C26H32O3Si/c1-25(2,3)30(23-14-6-4-7-15-23,24-16-8-5-9-17-24)28-21-22-13-12-19-26(29-22)18-10-11-20-27-26/h4-10,12,14-19,22H,11,13,20-21H2,1-3H3/t22-,26-/m1/s1. The Bertz CT molecular complexity index is 846. The molecule has 0 saturated carbocycles. The van der Waals surface area contributed by atoms with Gasteiger partial charge in [0.15, 0.2) is 0 Å². The van der Waals surface area contributed by atoms with E-state index in [-0.39, 0.29) is 11.1 Å². The van der Waals surface area contributed by atoms with Crippen molar-refractivity contribution in [3.8, 4) is 0 Å². The smallest absolute Gasteiger partial charge is 0.261 e. The van der Waals surface area contributed by atoms with Crippen molar-refractivity contribution in [3.63, 3.8) is 0 Å². The molecular weight excluding hydrogens is 388 g/mol. The maximum Gasteiger partial charge on any atom is 0.261 e. The summed E-state index contributed by atoms with van der Waals surface area (Å²) in [5.74, 6) is -0.726. The Morgan fingerprint density at radius 2 is 1.53 bits per heavy atom. The minimum absolute atomic E-state index is 0.0422. The summed E-state index contributed by atoms with van der Waals surface area (Å²) in [7, 11) is -2.56. The van der Waals surface area contributed by atoms with Crippen molar-refractivity contribution >= 4 is 18.7 Å². The zero-order valence-electron chi connectivity index (χ0n) is 18.2. The van der Waals surface area contributed by atoms with Crippen LogP contribution in [0.2, 0.25) is 5.04 Å². The first-order valence-corrected chi connectivity index (χ1v) is 12.8. The molecule has 2 aliphatic rings. The second-order valence-electron chi connectivity index (χ2n) is 9.11. The summed E-state index contributed by atoms with van der Waals surface area (Å²) < 4.78 is 19.4. The first kappa shape index (κ1) is 21.3. The predicted octanol–water partition coefficient (Wildman–Crippen LogP) is 4.58. The van der Waals surface area contributed by atoms with Crippen LogP contribution >= 0.6 is 0 Å². The van der Waals surface area contributed by atoms with E-state index >= 15 is 0 Å². The molecule has 2 aromatic rings. The number of rotatable bonds is 5. The summed E-state index contributed by atoms with van der Waals surface area (Å²) >= 11 is 0. The molecule has 3 nitrogen and oxygen atoms in total. The van der Waals surface area contributed by atoms with E-state index in [1.54, 1.807) is 0 Å². The molecule has 0 unspecified atom stereocenters. The number of hydrogen-bond donors (Lipinski definition) is 0. The molecule has 0 bridgehead atoms. The van der Waals surface area contributed by atoms with Gasteiger partial charge in [0.25, 0.3) is 8.32 Å². The van der Waals surface area contributed by atoms with Crippen LogP contribution in [0.15, 0.2) is 85.0 Å². The molecule has 0 amide bonds. The van der Waals surface area contributed by atoms with Crippen molar-refractivity contribution in [2.45, 2.75) is 50.5 Å². The van der Waals surface area contributed by atoms with Crippen LogP contribution in [-0.4, -0.2) is 33.4 Å². The van der Waals surface area contributed by atoms with Gasteiger partial charge >= 0.3 is 0 Å². The van der Waals surface area contributed by atoms with Crippen LogP contribution in [0.4, 0.5) is 0 Å². The summed E-state index contributed by atoms with van der Waals surface area (Å²) in [4.78, 5) is 0. The third-order valence-electron chi connectivity index (χ3n) is 5.96. The van der Waals surface area contributed by atoms with Crippen LogP contribution < -0.4 is 10.4 Å². The highest BCUT2D eigenvalue weighted by molar-refractivity contribution is 6.99. The van der Waals surface area contributed by atoms with Gasteiger partial charge in [-0.2, -0.15) is 0 Å². The lowest BCUT2D eigenvalue weighted by molar-refractivity contribution is -0.212. The summed E-state index contributed by atoms with van der Waals surface area (Å²) in [6.45, 7) is 8.12. The molecule has 30 heavy (non-hydrogen) atoms. The Labute approximate surface area is 181 Å². The topological polar surface area (TPSA) is 27.7 Å². The highest BCUT2D eigenvalue weighted by Crippen LogP contribution is 2.37. The van der Waals surface area contributed by atoms with Gasteiger partial charge in [-0.3, -0.25) is 0 Å². The monoisotopic (exact) mass is 420 g/mol. The van der Waals surface area contributed by atoms with Crippen molar-refractivity contribution in [1.82, 2.24) is 0 Å². The molecule has 2 aliphatic heterocycles. The fourth-order valence-electron chi connectivity index (χ4n) is 4.57. The molecule has 1 spiro atoms. The van der Waals surface area contributed by atoms with E-state index in [2.05, 4.69) is 93.6 Å². The van der Waals surface area contributed by atoms with Crippen LogP contribution in [0.1, 0.15) is 33.6 Å². The van der Waals surface area contributed by atoms with Gasteiger partial charge in [0.05, 0.1) is 19.3 Å². The van der Waals surface area contributed by atoms with Gasteiger partial charge in [0.1, 0.15) is 0 Å². The van der Waals surface area contributed by atoms with Crippen LogP contribution in [0.3, 0.4) is 0 Å². The lowest BCUT2D eigenvalue weighted by atomic mass is 10.1. The summed E-state index contributed by atoms with van der Waals surface area (Å²) in [5, 5.41) is 2.54. The number of benzene rings is 2. The molecule has 0 saturated heterocycles. The second-order valence-corrected chi connectivity index (χ2v) is 13.4. The highest BCUT2D eigenvalue weighted by atomic mass is 28.4. The average molecular weight is 421 g/mol. The third-order valence-corrected chi connectivity index (χ3v) is 11.0. The van der Waals surface area contributed by atoms with Crippen molar-refractivity contribution < 1.29 is 13.9 Å². The van der Waals surface area contributed by atoms with Crippen molar-refractivity contribution in [2.75, 3.05) is 13.2 Å². The normalized spacial score (nSPS) is 24.3. The summed E-state index contributed by atoms with van der Waals surface area (Å²) in [5.41, 5.74) is 0. The summed E-state index contributed by atoms with van der Waals surface area (Å²) in [6.07, 6.45) is 10.1. The Morgan fingerprint density at radius 1 is 0.933 bits per heavy atom. The first-order valence-electron chi connectivity index (χ1n) is 10.9. The Balaban J connectivity index is 1.67. The van der Waals surface area contributed by atoms with E-state index in [9.17, 15) is 0 Å². The van der Waals surface area contributed by atoms with Gasteiger partial charge in [-0.05, 0) is 40.4 Å². The third kappa shape index (κ3) is 4.10. The lowest BCUT2D eigenvalue weighted by Crippen LogP contribution is -2.67. The van der Waals surface area contributed by atoms with E-state index in [1.165, 1.54) is 10.4 Å². The maximum absolute atomic E-state index is 7.04. The zero-order chi connectivity index (χ0) is 21.1. The minimum atomic E-state index is -2.56. The molecule has 2 aromatic carbocycles. The Kier molecular flexibility index (Phi) is 6.12. The lowest BCUT2D eigenvalue weighted by Gasteiger charge is -2.44. The molecule has 0 radical (unpaired) electrons. The largest absolute Gasteiger partial charge is 0.405 e. The molecule has 2 atom stereocenters. The quantitative estimate of drug-likeness (QED) is 0.523. The molecule has 2 heterocycles. The zero-order valence-corrected chi connectivity index (χ0v) is 19.2. The Morgan fingerprint density at radius 3 is 2.07 bits per heavy atom. The molecule has 4 rings (SSSR count). The van der Waals surface area contributed by atoms with E-state index in [0.717, 1.165) is 12.8 Å².